The zero-order valence-electron chi connectivity index (χ0n) is 13.0. The van der Waals surface area contributed by atoms with E-state index in [0.717, 1.165) is 5.75 Å². The maximum atomic E-state index is 12.1. The SMILES string of the molecule is CSCCC(N)C(=O)NC(C(=O)NC(CO)C(=O)O)C(C)C. The number of carbonyl (C=O) groups is 3. The number of carbonyl (C=O) groups excluding carboxylic acids is 2. The predicted octanol–water partition coefficient (Wildman–Crippen LogP) is -1.23. The van der Waals surface area contributed by atoms with E-state index >= 15 is 0 Å². The van der Waals surface area contributed by atoms with E-state index in [1.807, 2.05) is 6.26 Å². The van der Waals surface area contributed by atoms with Crippen LogP contribution in [0.15, 0.2) is 0 Å². The lowest BCUT2D eigenvalue weighted by molar-refractivity contribution is -0.143. The lowest BCUT2D eigenvalue weighted by atomic mass is 10.0. The molecule has 8 nitrogen and oxygen atoms in total. The fraction of sp³-hybridized carbons (Fsp3) is 0.769. The number of aliphatic carboxylic acids is 1. The number of aliphatic hydroxyl groups is 1. The summed E-state index contributed by atoms with van der Waals surface area (Å²) in [5.41, 5.74) is 5.74. The lowest BCUT2D eigenvalue weighted by Gasteiger charge is -2.24. The van der Waals surface area contributed by atoms with Crippen LogP contribution in [0.4, 0.5) is 0 Å². The van der Waals surface area contributed by atoms with Crippen LogP contribution in [0.1, 0.15) is 20.3 Å². The molecule has 6 N–H and O–H groups in total. The lowest BCUT2D eigenvalue weighted by Crippen LogP contribution is -2.57. The summed E-state index contributed by atoms with van der Waals surface area (Å²) < 4.78 is 0. The Labute approximate surface area is 134 Å². The number of nitrogens with two attached hydrogens (primary N) is 1. The molecule has 0 radical (unpaired) electrons. The monoisotopic (exact) mass is 335 g/mol. The maximum Gasteiger partial charge on any atom is 0.328 e. The Bertz CT molecular complexity index is 392. The van der Waals surface area contributed by atoms with Gasteiger partial charge in [-0.05, 0) is 24.3 Å². The van der Waals surface area contributed by atoms with E-state index in [-0.39, 0.29) is 5.92 Å². The van der Waals surface area contributed by atoms with Gasteiger partial charge in [-0.1, -0.05) is 13.8 Å². The molecule has 9 heteroatoms. The largest absolute Gasteiger partial charge is 0.480 e. The molecule has 0 rings (SSSR count). The zero-order chi connectivity index (χ0) is 17.3. The zero-order valence-corrected chi connectivity index (χ0v) is 13.9. The van der Waals surface area contributed by atoms with Gasteiger partial charge in [0.25, 0.3) is 0 Å². The van der Waals surface area contributed by atoms with Gasteiger partial charge in [0.15, 0.2) is 0 Å². The van der Waals surface area contributed by atoms with Crippen LogP contribution in [0.5, 0.6) is 0 Å². The molecule has 0 heterocycles. The van der Waals surface area contributed by atoms with E-state index in [9.17, 15) is 14.4 Å². The molecule has 3 unspecified atom stereocenters. The Morgan fingerprint density at radius 1 is 1.18 bits per heavy atom. The minimum absolute atomic E-state index is 0.259. The van der Waals surface area contributed by atoms with Gasteiger partial charge in [-0.15, -0.1) is 0 Å². The second-order valence-electron chi connectivity index (χ2n) is 5.20. The molecule has 3 atom stereocenters. The molecule has 22 heavy (non-hydrogen) atoms. The number of thioether (sulfide) groups is 1. The Balaban J connectivity index is 4.75. The van der Waals surface area contributed by atoms with E-state index in [1.165, 1.54) is 0 Å². The number of nitrogens with one attached hydrogen (secondary N) is 2. The Morgan fingerprint density at radius 2 is 1.77 bits per heavy atom. The van der Waals surface area contributed by atoms with Crippen molar-refractivity contribution in [1.82, 2.24) is 10.6 Å². The standard InChI is InChI=1S/C13H25N3O5S/c1-7(2)10(12(19)15-9(6-17)13(20)21)16-11(18)8(14)4-5-22-3/h7-10,17H,4-6,14H2,1-3H3,(H,15,19)(H,16,18)(H,20,21). The molecule has 0 aliphatic heterocycles. The van der Waals surface area contributed by atoms with Gasteiger partial charge in [0, 0.05) is 0 Å². The fourth-order valence-corrected chi connectivity index (χ4v) is 2.11. The molecule has 128 valence electrons. The van der Waals surface area contributed by atoms with E-state index < -0.39 is 42.5 Å². The van der Waals surface area contributed by atoms with Crippen LogP contribution in [0.25, 0.3) is 0 Å². The van der Waals surface area contributed by atoms with Crippen molar-refractivity contribution in [2.75, 3.05) is 18.6 Å². The molecular weight excluding hydrogens is 310 g/mol. The molecule has 0 spiro atoms. The van der Waals surface area contributed by atoms with Crippen LogP contribution in [-0.2, 0) is 14.4 Å². The molecule has 0 saturated carbocycles. The number of carboxylic acids is 1. The molecule has 0 aromatic rings. The second-order valence-corrected chi connectivity index (χ2v) is 6.19. The summed E-state index contributed by atoms with van der Waals surface area (Å²) in [6.45, 7) is 2.70. The van der Waals surface area contributed by atoms with Crippen LogP contribution >= 0.6 is 11.8 Å². The van der Waals surface area contributed by atoms with Gasteiger partial charge < -0.3 is 26.6 Å². The first-order valence-electron chi connectivity index (χ1n) is 6.93. The van der Waals surface area contributed by atoms with E-state index in [0.29, 0.717) is 6.42 Å². The molecule has 0 fully saturated rings. The smallest absolute Gasteiger partial charge is 0.328 e. The number of hydrogen-bond acceptors (Lipinski definition) is 6. The van der Waals surface area contributed by atoms with Gasteiger partial charge in [0.2, 0.25) is 11.8 Å². The summed E-state index contributed by atoms with van der Waals surface area (Å²) in [5, 5.41) is 22.5. The van der Waals surface area contributed by atoms with Crippen LogP contribution in [0.3, 0.4) is 0 Å². The van der Waals surface area contributed by atoms with E-state index in [4.69, 9.17) is 15.9 Å². The fourth-order valence-electron chi connectivity index (χ4n) is 1.62. The molecule has 2 amide bonds. The average molecular weight is 335 g/mol. The predicted molar refractivity (Wildman–Crippen MR) is 84.4 cm³/mol. The Hall–Kier alpha value is -1.32. The maximum absolute atomic E-state index is 12.1. The van der Waals surface area contributed by atoms with Gasteiger partial charge in [-0.3, -0.25) is 9.59 Å². The highest BCUT2D eigenvalue weighted by atomic mass is 32.2. The van der Waals surface area contributed by atoms with Crippen molar-refractivity contribution in [3.63, 3.8) is 0 Å². The molecule has 0 aromatic heterocycles. The van der Waals surface area contributed by atoms with Crippen molar-refractivity contribution in [3.8, 4) is 0 Å². The summed E-state index contributed by atoms with van der Waals surface area (Å²) in [4.78, 5) is 34.9. The summed E-state index contributed by atoms with van der Waals surface area (Å²) >= 11 is 1.56. The topological polar surface area (TPSA) is 142 Å². The van der Waals surface area contributed by atoms with Crippen molar-refractivity contribution >= 4 is 29.5 Å². The third-order valence-corrected chi connectivity index (χ3v) is 3.66. The third kappa shape index (κ3) is 7.10. The van der Waals surface area contributed by atoms with Crippen molar-refractivity contribution in [1.29, 1.82) is 0 Å². The molecule has 0 aliphatic rings. The van der Waals surface area contributed by atoms with E-state index in [1.54, 1.807) is 25.6 Å². The first-order chi connectivity index (χ1) is 10.2. The van der Waals surface area contributed by atoms with Crippen LogP contribution in [-0.4, -0.2) is 64.7 Å². The minimum Gasteiger partial charge on any atom is -0.480 e. The molecule has 0 saturated heterocycles. The van der Waals surface area contributed by atoms with Gasteiger partial charge in [0.1, 0.15) is 12.1 Å². The summed E-state index contributed by atoms with van der Waals surface area (Å²) in [6, 6.07) is -3.05. The van der Waals surface area contributed by atoms with Gasteiger partial charge in [0.05, 0.1) is 12.6 Å². The number of hydrogen-bond donors (Lipinski definition) is 5. The van der Waals surface area contributed by atoms with Crippen molar-refractivity contribution < 1.29 is 24.6 Å². The average Bonchev–Trinajstić information content (AvgIpc) is 2.46. The summed E-state index contributed by atoms with van der Waals surface area (Å²) in [7, 11) is 0. The minimum atomic E-state index is -1.41. The Kier molecular flexibility index (Phi) is 9.79. The molecular formula is C13H25N3O5S. The first kappa shape index (κ1) is 20.7. The summed E-state index contributed by atoms with van der Waals surface area (Å²) in [6.07, 6.45) is 2.38. The quantitative estimate of drug-likeness (QED) is 0.336. The molecule has 0 bridgehead atoms. The third-order valence-electron chi connectivity index (χ3n) is 3.01. The first-order valence-corrected chi connectivity index (χ1v) is 8.32. The molecule has 0 aromatic carbocycles. The van der Waals surface area contributed by atoms with E-state index in [2.05, 4.69) is 10.6 Å². The van der Waals surface area contributed by atoms with Gasteiger partial charge in [-0.25, -0.2) is 4.79 Å². The normalized spacial score (nSPS) is 15.0. The molecule has 0 aliphatic carbocycles. The number of amides is 2. The number of rotatable bonds is 10. The number of aliphatic hydroxyl groups excluding tert-OH is 1. The number of carboxylic acid groups (broad SMARTS) is 1. The highest BCUT2D eigenvalue weighted by Gasteiger charge is 2.29. The summed E-state index contributed by atoms with van der Waals surface area (Å²) in [5.74, 6) is -2.01. The second kappa shape index (κ2) is 10.4. The van der Waals surface area contributed by atoms with Crippen LogP contribution < -0.4 is 16.4 Å². The van der Waals surface area contributed by atoms with Crippen LogP contribution in [0.2, 0.25) is 0 Å². The van der Waals surface area contributed by atoms with Crippen molar-refractivity contribution in [2.45, 2.75) is 38.4 Å². The highest BCUT2D eigenvalue weighted by Crippen LogP contribution is 2.05. The Morgan fingerprint density at radius 3 is 2.18 bits per heavy atom. The van der Waals surface area contributed by atoms with Crippen molar-refractivity contribution in [2.24, 2.45) is 11.7 Å². The highest BCUT2D eigenvalue weighted by molar-refractivity contribution is 7.98. The van der Waals surface area contributed by atoms with Crippen LogP contribution in [0, 0.1) is 5.92 Å². The van der Waals surface area contributed by atoms with Gasteiger partial charge in [-0.2, -0.15) is 11.8 Å². The van der Waals surface area contributed by atoms with Gasteiger partial charge >= 0.3 is 5.97 Å². The van der Waals surface area contributed by atoms with Crippen molar-refractivity contribution in [3.05, 3.63) is 0 Å².